The quantitative estimate of drug-likeness (QED) is 0.373. The van der Waals surface area contributed by atoms with E-state index in [1.165, 1.54) is 0 Å². The van der Waals surface area contributed by atoms with Crippen LogP contribution in [0.4, 0.5) is 0 Å². The van der Waals surface area contributed by atoms with Crippen LogP contribution in [-0.2, 0) is 10.3 Å². The normalized spacial score (nSPS) is 15.2. The Hall–Kier alpha value is -1.30. The van der Waals surface area contributed by atoms with Gasteiger partial charge in [-0.3, -0.25) is 0 Å². The molecule has 18 heavy (non-hydrogen) atoms. The van der Waals surface area contributed by atoms with Crippen molar-refractivity contribution in [3.63, 3.8) is 0 Å². The molecule has 2 radical (unpaired) electrons. The van der Waals surface area contributed by atoms with Crippen LogP contribution in [-0.4, -0.2) is 39.1 Å². The second-order valence-electron chi connectivity index (χ2n) is 4.65. The molecule has 0 fully saturated rings. The lowest BCUT2D eigenvalue weighted by Gasteiger charge is -2.25. The lowest BCUT2D eigenvalue weighted by molar-refractivity contribution is -0.108. The molecule has 0 aliphatic heterocycles. The summed E-state index contributed by atoms with van der Waals surface area (Å²) in [7, 11) is 9.60. The number of guanidine groups is 1. The van der Waals surface area contributed by atoms with Crippen LogP contribution in [0.25, 0.3) is 0 Å². The van der Waals surface area contributed by atoms with E-state index in [1.807, 2.05) is 34.0 Å². The lowest BCUT2D eigenvalue weighted by Crippen LogP contribution is -2.35. The maximum atomic E-state index is 10.9. The molecule has 1 unspecified atom stereocenters. The first kappa shape index (κ1) is 14.8. The molecule has 0 saturated carbocycles. The largest absolute Gasteiger partial charge is 0.370 e. The molecule has 2 N–H and O–H groups in total. The van der Waals surface area contributed by atoms with Crippen molar-refractivity contribution in [1.29, 1.82) is 0 Å². The zero-order valence-corrected chi connectivity index (χ0v) is 12.0. The molecule has 1 heterocycles. The van der Waals surface area contributed by atoms with Crippen LogP contribution in [0.2, 0.25) is 0 Å². The molecule has 4 nitrogen and oxygen atoms in total. The molecule has 96 valence electrons. The molecule has 0 aliphatic rings. The summed E-state index contributed by atoms with van der Waals surface area (Å²) in [5.41, 5.74) is 5.82. The van der Waals surface area contributed by atoms with E-state index in [1.54, 1.807) is 16.2 Å². The Balaban J connectivity index is 3.27. The molecule has 0 aromatic carbocycles. The average Bonchev–Trinajstić information content (AvgIpc) is 2.58. The van der Waals surface area contributed by atoms with Gasteiger partial charge in [0, 0.05) is 30.3 Å². The third kappa shape index (κ3) is 3.13. The van der Waals surface area contributed by atoms with Gasteiger partial charge in [-0.2, -0.15) is 0 Å². The van der Waals surface area contributed by atoms with E-state index in [0.29, 0.717) is 11.4 Å². The predicted octanol–water partition coefficient (Wildman–Crippen LogP) is 0.531. The van der Waals surface area contributed by atoms with Crippen molar-refractivity contribution in [2.75, 3.05) is 14.1 Å². The minimum atomic E-state index is -0.695. The summed E-state index contributed by atoms with van der Waals surface area (Å²) in [6.45, 7) is 3.85. The summed E-state index contributed by atoms with van der Waals surface area (Å²) >= 11 is 1.55. The van der Waals surface area contributed by atoms with Crippen molar-refractivity contribution in [2.45, 2.75) is 25.8 Å². The molecular weight excluding hydrogens is 245 g/mol. The molecule has 0 aliphatic carbocycles. The van der Waals surface area contributed by atoms with Crippen molar-refractivity contribution in [3.8, 4) is 0 Å². The zero-order chi connectivity index (χ0) is 13.9. The fraction of sp³-hybridized carbons (Fsp3) is 0.500. The Bertz CT molecular complexity index is 470. The van der Waals surface area contributed by atoms with Crippen molar-refractivity contribution in [1.82, 2.24) is 4.90 Å². The standard InChI is InChI=1S/C12H18BN3OS/c1-8-7-9(13)10(18-8)12(2,5-6-17)15-11(14)16(3)4/h6-7H,5H2,1-4H3,(H2,14,15). The average molecular weight is 263 g/mol. The maximum absolute atomic E-state index is 10.9. The van der Waals surface area contributed by atoms with E-state index < -0.39 is 5.54 Å². The molecule has 0 amide bonds. The summed E-state index contributed by atoms with van der Waals surface area (Å²) < 4.78 is 0. The first-order chi connectivity index (χ1) is 8.30. The number of rotatable bonds is 4. The number of nitrogens with two attached hydrogens (primary N) is 1. The van der Waals surface area contributed by atoms with Crippen LogP contribution in [0, 0.1) is 6.92 Å². The van der Waals surface area contributed by atoms with Crippen LogP contribution >= 0.6 is 11.3 Å². The number of aryl methyl sites for hydroxylation is 1. The number of thiophene rings is 1. The van der Waals surface area contributed by atoms with Gasteiger partial charge in [-0.15, -0.1) is 11.3 Å². The van der Waals surface area contributed by atoms with Crippen LogP contribution in [0.5, 0.6) is 0 Å². The highest BCUT2D eigenvalue weighted by molar-refractivity contribution is 7.13. The summed E-state index contributed by atoms with van der Waals surface area (Å²) in [6, 6.07) is 1.89. The predicted molar refractivity (Wildman–Crippen MR) is 77.8 cm³/mol. The number of aliphatic imine (C=N–C) groups is 1. The van der Waals surface area contributed by atoms with Crippen molar-refractivity contribution >= 4 is 36.9 Å². The number of nitrogens with zero attached hydrogens (tertiary/aromatic N) is 2. The van der Waals surface area contributed by atoms with Gasteiger partial charge >= 0.3 is 0 Å². The topological polar surface area (TPSA) is 58.7 Å². The molecule has 1 atom stereocenters. The molecule has 0 bridgehead atoms. The lowest BCUT2D eigenvalue weighted by atomic mass is 9.86. The third-order valence-corrected chi connectivity index (χ3v) is 3.99. The molecule has 0 saturated heterocycles. The zero-order valence-electron chi connectivity index (χ0n) is 11.2. The van der Waals surface area contributed by atoms with Crippen molar-refractivity contribution in [2.24, 2.45) is 10.7 Å². The summed E-state index contributed by atoms with van der Waals surface area (Å²) in [5.74, 6) is 0.379. The summed E-state index contributed by atoms with van der Waals surface area (Å²) in [5, 5.41) is 0. The minimum Gasteiger partial charge on any atom is -0.370 e. The highest BCUT2D eigenvalue weighted by Crippen LogP contribution is 2.32. The van der Waals surface area contributed by atoms with E-state index in [9.17, 15) is 4.79 Å². The van der Waals surface area contributed by atoms with Crippen molar-refractivity contribution in [3.05, 3.63) is 15.8 Å². The minimum absolute atomic E-state index is 0.256. The molecule has 0 spiro atoms. The van der Waals surface area contributed by atoms with Gasteiger partial charge in [0.2, 0.25) is 0 Å². The number of carbonyl (C=O) groups is 1. The highest BCUT2D eigenvalue weighted by atomic mass is 32.1. The van der Waals surface area contributed by atoms with Gasteiger partial charge < -0.3 is 15.4 Å². The Morgan fingerprint density at radius 2 is 2.28 bits per heavy atom. The maximum Gasteiger partial charge on any atom is 0.191 e. The van der Waals surface area contributed by atoms with Gasteiger partial charge in [0.25, 0.3) is 0 Å². The molecule has 1 aromatic rings. The molecular formula is C12H18BN3OS. The van der Waals surface area contributed by atoms with Gasteiger partial charge in [0.05, 0.1) is 0 Å². The molecule has 1 rings (SSSR count). The third-order valence-electron chi connectivity index (χ3n) is 2.67. The van der Waals surface area contributed by atoms with E-state index in [2.05, 4.69) is 4.99 Å². The summed E-state index contributed by atoms with van der Waals surface area (Å²) in [4.78, 5) is 19.1. The number of aldehydes is 1. The molecule has 1 aromatic heterocycles. The monoisotopic (exact) mass is 263 g/mol. The number of hydrogen-bond acceptors (Lipinski definition) is 3. The number of carbonyl (C=O) groups excluding carboxylic acids is 1. The Morgan fingerprint density at radius 3 is 2.67 bits per heavy atom. The fourth-order valence-electron chi connectivity index (χ4n) is 1.66. The van der Waals surface area contributed by atoms with Crippen LogP contribution in [0.15, 0.2) is 11.1 Å². The van der Waals surface area contributed by atoms with Gasteiger partial charge in [-0.1, -0.05) is 11.5 Å². The van der Waals surface area contributed by atoms with Gasteiger partial charge in [0.1, 0.15) is 19.7 Å². The smallest absolute Gasteiger partial charge is 0.191 e. The van der Waals surface area contributed by atoms with Crippen LogP contribution in [0.3, 0.4) is 0 Å². The Kier molecular flexibility index (Phi) is 4.56. The van der Waals surface area contributed by atoms with Crippen LogP contribution < -0.4 is 11.2 Å². The van der Waals surface area contributed by atoms with Crippen LogP contribution in [0.1, 0.15) is 23.1 Å². The first-order valence-electron chi connectivity index (χ1n) is 5.63. The first-order valence-corrected chi connectivity index (χ1v) is 6.44. The Morgan fingerprint density at radius 1 is 1.67 bits per heavy atom. The van der Waals surface area contributed by atoms with E-state index >= 15 is 0 Å². The number of hydrogen-bond donors (Lipinski definition) is 1. The fourth-order valence-corrected chi connectivity index (χ4v) is 2.69. The van der Waals surface area contributed by atoms with Crippen molar-refractivity contribution < 1.29 is 4.79 Å². The highest BCUT2D eigenvalue weighted by Gasteiger charge is 2.29. The molecule has 6 heteroatoms. The van der Waals surface area contributed by atoms with Gasteiger partial charge in [-0.05, 0) is 13.8 Å². The van der Waals surface area contributed by atoms with E-state index in [-0.39, 0.29) is 6.42 Å². The van der Waals surface area contributed by atoms with E-state index in [4.69, 9.17) is 13.6 Å². The second kappa shape index (κ2) is 5.56. The Labute approximate surface area is 113 Å². The second-order valence-corrected chi connectivity index (χ2v) is 5.91. The van der Waals surface area contributed by atoms with E-state index in [0.717, 1.165) is 16.0 Å². The summed E-state index contributed by atoms with van der Waals surface area (Å²) in [6.07, 6.45) is 1.10. The van der Waals surface area contributed by atoms with Gasteiger partial charge in [-0.25, -0.2) is 4.99 Å². The van der Waals surface area contributed by atoms with Gasteiger partial charge in [0.15, 0.2) is 5.96 Å². The SMILES string of the molecule is [B]c1cc(C)sc1C(C)(CC=O)N=C(N)N(C)C.